The first-order valence-electron chi connectivity index (χ1n) is 11.4. The van der Waals surface area contributed by atoms with Gasteiger partial charge in [-0.2, -0.15) is 0 Å². The van der Waals surface area contributed by atoms with Crippen LogP contribution in [0.2, 0.25) is 0 Å². The number of aliphatic hydroxyl groups excluding tert-OH is 1. The number of rotatable bonds is 7. The monoisotopic (exact) mass is 451 g/mol. The molecule has 0 aromatic heterocycles. The highest BCUT2D eigenvalue weighted by molar-refractivity contribution is 6.46. The van der Waals surface area contributed by atoms with Crippen LogP contribution in [-0.2, 0) is 16.0 Å². The molecule has 1 saturated heterocycles. The van der Waals surface area contributed by atoms with Crippen molar-refractivity contribution in [3.8, 4) is 17.2 Å². The second kappa shape index (κ2) is 9.17. The Morgan fingerprint density at radius 1 is 1.18 bits per heavy atom. The van der Waals surface area contributed by atoms with Crippen LogP contribution >= 0.6 is 0 Å². The number of aliphatic hydroxyl groups is 1. The third-order valence-electron chi connectivity index (χ3n) is 6.06. The van der Waals surface area contributed by atoms with Crippen LogP contribution in [0.3, 0.4) is 0 Å². The molecule has 7 nitrogen and oxygen atoms in total. The Morgan fingerprint density at radius 3 is 2.70 bits per heavy atom. The lowest BCUT2D eigenvalue weighted by Crippen LogP contribution is -2.30. The van der Waals surface area contributed by atoms with E-state index in [2.05, 4.69) is 0 Å². The van der Waals surface area contributed by atoms with Crippen molar-refractivity contribution in [1.82, 2.24) is 4.90 Å². The van der Waals surface area contributed by atoms with Gasteiger partial charge in [-0.05, 0) is 61.7 Å². The molecule has 2 N–H and O–H groups in total. The van der Waals surface area contributed by atoms with Gasteiger partial charge in [-0.1, -0.05) is 19.4 Å². The first-order chi connectivity index (χ1) is 15.8. The molecule has 2 unspecified atom stereocenters. The maximum atomic E-state index is 13.1. The number of phenolic OH excluding ortho intramolecular Hbond substituents is 1. The third-order valence-corrected chi connectivity index (χ3v) is 6.06. The molecule has 1 fully saturated rings. The van der Waals surface area contributed by atoms with Gasteiger partial charge >= 0.3 is 0 Å². The number of likely N-dealkylation sites (tertiary alicyclic amines) is 1. The second-order valence-corrected chi connectivity index (χ2v) is 8.46. The second-order valence-electron chi connectivity index (χ2n) is 8.46. The molecular formula is C26H29NO6. The summed E-state index contributed by atoms with van der Waals surface area (Å²) in [7, 11) is 0. The average Bonchev–Trinajstić information content (AvgIpc) is 3.29. The Kier molecular flexibility index (Phi) is 6.31. The van der Waals surface area contributed by atoms with Crippen LogP contribution in [0.25, 0.3) is 5.76 Å². The van der Waals surface area contributed by atoms with E-state index in [1.54, 1.807) is 31.2 Å². The van der Waals surface area contributed by atoms with E-state index in [1.165, 1.54) is 11.0 Å². The Hall–Kier alpha value is -3.48. The number of hydrogen-bond acceptors (Lipinski definition) is 6. The number of ether oxygens (including phenoxy) is 2. The molecule has 0 bridgehead atoms. The fraction of sp³-hybridized carbons (Fsp3) is 0.385. The first kappa shape index (κ1) is 22.7. The fourth-order valence-electron chi connectivity index (χ4n) is 4.48. The summed E-state index contributed by atoms with van der Waals surface area (Å²) >= 11 is 0. The number of carbonyl (C=O) groups excluding carboxylic acids is 2. The highest BCUT2D eigenvalue weighted by Gasteiger charge is 2.46. The molecule has 2 aliphatic heterocycles. The number of nitrogens with zero attached hydrogens (tertiary/aromatic N) is 1. The van der Waals surface area contributed by atoms with E-state index < -0.39 is 17.7 Å². The van der Waals surface area contributed by atoms with E-state index in [0.717, 1.165) is 17.7 Å². The summed E-state index contributed by atoms with van der Waals surface area (Å²) in [5, 5.41) is 21.4. The molecule has 174 valence electrons. The summed E-state index contributed by atoms with van der Waals surface area (Å²) < 4.78 is 11.3. The summed E-state index contributed by atoms with van der Waals surface area (Å²) in [6, 6.07) is 9.27. The van der Waals surface area contributed by atoms with Crippen LogP contribution < -0.4 is 9.47 Å². The van der Waals surface area contributed by atoms with E-state index in [1.807, 2.05) is 19.9 Å². The minimum Gasteiger partial charge on any atom is -0.507 e. The number of phenols is 1. The summed E-state index contributed by atoms with van der Waals surface area (Å²) in [5.74, 6) is -0.577. The molecule has 0 spiro atoms. The van der Waals surface area contributed by atoms with Gasteiger partial charge in [0.25, 0.3) is 11.7 Å². The molecule has 0 radical (unpaired) electrons. The normalized spacial score (nSPS) is 21.2. The number of carbonyl (C=O) groups is 2. The number of ketones is 1. The highest BCUT2D eigenvalue weighted by Crippen LogP contribution is 2.42. The van der Waals surface area contributed by atoms with Crippen molar-refractivity contribution in [2.45, 2.75) is 52.2 Å². The number of fused-ring (bicyclic) bond motifs is 1. The number of amides is 1. The number of Topliss-reactive ketones (excluding diaryl/α,β-unsaturated/α-hetero) is 1. The van der Waals surface area contributed by atoms with Gasteiger partial charge in [-0.15, -0.1) is 0 Å². The lowest BCUT2D eigenvalue weighted by Gasteiger charge is -2.25. The van der Waals surface area contributed by atoms with Crippen molar-refractivity contribution in [2.75, 3.05) is 13.2 Å². The molecule has 7 heteroatoms. The largest absolute Gasteiger partial charge is 0.507 e. The number of unbranched alkanes of at least 4 members (excludes halogenated alkanes) is 1. The molecule has 33 heavy (non-hydrogen) atoms. The van der Waals surface area contributed by atoms with E-state index in [0.29, 0.717) is 37.1 Å². The summed E-state index contributed by atoms with van der Waals surface area (Å²) in [6.07, 6.45) is 2.32. The predicted molar refractivity (Wildman–Crippen MR) is 123 cm³/mol. The smallest absolute Gasteiger partial charge is 0.295 e. The van der Waals surface area contributed by atoms with E-state index in [9.17, 15) is 19.8 Å². The van der Waals surface area contributed by atoms with Crippen LogP contribution in [0.1, 0.15) is 56.3 Å². The molecule has 0 saturated carbocycles. The topological polar surface area (TPSA) is 96.3 Å². The molecule has 2 atom stereocenters. The Bertz CT molecular complexity index is 1120. The predicted octanol–water partition coefficient (Wildman–Crippen LogP) is 4.34. The minimum absolute atomic E-state index is 0.0288. The van der Waals surface area contributed by atoms with E-state index in [4.69, 9.17) is 9.47 Å². The summed E-state index contributed by atoms with van der Waals surface area (Å²) in [5.41, 5.74) is 2.04. The molecule has 2 aromatic rings. The van der Waals surface area contributed by atoms with Crippen molar-refractivity contribution in [2.24, 2.45) is 0 Å². The van der Waals surface area contributed by atoms with Gasteiger partial charge in [0.2, 0.25) is 0 Å². The van der Waals surface area contributed by atoms with Crippen molar-refractivity contribution in [3.05, 3.63) is 58.7 Å². The van der Waals surface area contributed by atoms with Gasteiger partial charge in [0.05, 0.1) is 18.2 Å². The number of benzene rings is 2. The summed E-state index contributed by atoms with van der Waals surface area (Å²) in [4.78, 5) is 27.6. The lowest BCUT2D eigenvalue weighted by molar-refractivity contribution is -0.139. The van der Waals surface area contributed by atoms with E-state index in [-0.39, 0.29) is 28.9 Å². The first-order valence-corrected chi connectivity index (χ1v) is 11.4. The molecule has 2 aromatic carbocycles. The molecule has 2 aliphatic rings. The van der Waals surface area contributed by atoms with Crippen molar-refractivity contribution >= 4 is 17.4 Å². The zero-order valence-corrected chi connectivity index (χ0v) is 19.1. The van der Waals surface area contributed by atoms with Gasteiger partial charge in [0.1, 0.15) is 17.6 Å². The molecule has 2 heterocycles. The van der Waals surface area contributed by atoms with E-state index >= 15 is 0 Å². The highest BCUT2D eigenvalue weighted by atomic mass is 16.5. The average molecular weight is 452 g/mol. The standard InChI is InChI=1S/C26H29NO6/c1-4-6-11-27-23(16-7-9-19(28)21(14-16)32-5-2)22(25(30)26(27)31)24(29)17-8-10-20-18(13-17)12-15(3)33-20/h7-10,13-15,23,28-29H,4-6,11-12H2,1-3H3/b24-22+. The molecular weight excluding hydrogens is 422 g/mol. The number of aromatic hydroxyl groups is 1. The van der Waals surface area contributed by atoms with Gasteiger partial charge in [-0.3, -0.25) is 9.59 Å². The van der Waals surface area contributed by atoms with Crippen LogP contribution in [-0.4, -0.2) is 46.1 Å². The molecule has 0 aliphatic carbocycles. The van der Waals surface area contributed by atoms with Gasteiger partial charge in [-0.25, -0.2) is 0 Å². The third kappa shape index (κ3) is 4.15. The Morgan fingerprint density at radius 2 is 1.97 bits per heavy atom. The van der Waals surface area contributed by atoms with Crippen molar-refractivity contribution in [3.63, 3.8) is 0 Å². The van der Waals surface area contributed by atoms with Crippen LogP contribution in [0.15, 0.2) is 42.0 Å². The van der Waals surface area contributed by atoms with Crippen LogP contribution in [0, 0.1) is 0 Å². The lowest BCUT2D eigenvalue weighted by atomic mass is 9.94. The van der Waals surface area contributed by atoms with Gasteiger partial charge in [0.15, 0.2) is 11.5 Å². The van der Waals surface area contributed by atoms with Crippen molar-refractivity contribution < 1.29 is 29.3 Å². The molecule has 4 rings (SSSR count). The number of hydrogen-bond donors (Lipinski definition) is 2. The summed E-state index contributed by atoms with van der Waals surface area (Å²) in [6.45, 7) is 6.51. The zero-order chi connectivity index (χ0) is 23.7. The van der Waals surface area contributed by atoms with Crippen molar-refractivity contribution in [1.29, 1.82) is 0 Å². The molecule has 1 amide bonds. The zero-order valence-electron chi connectivity index (χ0n) is 19.1. The Balaban J connectivity index is 1.84. The SMILES string of the molecule is CCCCN1C(=O)C(=O)/C(=C(/O)c2ccc3c(c2)CC(C)O3)C1c1ccc(O)c(OCC)c1. The minimum atomic E-state index is -0.778. The van der Waals surface area contributed by atoms with Crippen LogP contribution in [0.4, 0.5) is 0 Å². The Labute approximate surface area is 193 Å². The van der Waals surface area contributed by atoms with Gasteiger partial charge < -0.3 is 24.6 Å². The fourth-order valence-corrected chi connectivity index (χ4v) is 4.48. The maximum Gasteiger partial charge on any atom is 0.295 e. The van der Waals surface area contributed by atoms with Crippen LogP contribution in [0.5, 0.6) is 17.2 Å². The quantitative estimate of drug-likeness (QED) is 0.369. The van der Waals surface area contributed by atoms with Gasteiger partial charge in [0, 0.05) is 18.5 Å². The maximum absolute atomic E-state index is 13.1.